The molecule has 39 heavy (non-hydrogen) atoms. The molecule has 3 aromatic carbocycles. The van der Waals surface area contributed by atoms with Crippen LogP contribution in [-0.2, 0) is 11.4 Å². The van der Waals surface area contributed by atoms with E-state index in [1.165, 1.54) is 4.90 Å². The zero-order chi connectivity index (χ0) is 28.1. The predicted octanol–water partition coefficient (Wildman–Crippen LogP) is 7.89. The third kappa shape index (κ3) is 6.86. The highest BCUT2D eigenvalue weighted by Gasteiger charge is 2.35. The summed E-state index contributed by atoms with van der Waals surface area (Å²) in [7, 11) is 1.57. The molecule has 3 aromatic rings. The number of imide groups is 1. The number of halogens is 1. The highest BCUT2D eigenvalue weighted by Crippen LogP contribution is 2.39. The molecule has 4 rings (SSSR count). The van der Waals surface area contributed by atoms with Crippen LogP contribution in [0.15, 0.2) is 64.0 Å². The second-order valence-electron chi connectivity index (χ2n) is 9.63. The summed E-state index contributed by atoms with van der Waals surface area (Å²) in [4.78, 5) is 27.3. The Morgan fingerprint density at radius 2 is 1.77 bits per heavy atom. The van der Waals surface area contributed by atoms with E-state index in [2.05, 4.69) is 41.9 Å². The molecule has 0 saturated carbocycles. The molecule has 0 bridgehead atoms. The average Bonchev–Trinajstić information content (AvgIpc) is 3.15. The van der Waals surface area contributed by atoms with Gasteiger partial charge < -0.3 is 14.2 Å². The van der Waals surface area contributed by atoms with Crippen LogP contribution in [-0.4, -0.2) is 36.3 Å². The van der Waals surface area contributed by atoms with Crippen molar-refractivity contribution in [2.75, 3.05) is 20.3 Å². The minimum absolute atomic E-state index is 0.173. The lowest BCUT2D eigenvalue weighted by molar-refractivity contribution is -0.123. The van der Waals surface area contributed by atoms with Gasteiger partial charge in [-0.3, -0.25) is 14.5 Å². The fourth-order valence-corrected chi connectivity index (χ4v) is 5.66. The molecule has 204 valence electrons. The van der Waals surface area contributed by atoms with Crippen LogP contribution in [0.5, 0.6) is 17.2 Å². The van der Waals surface area contributed by atoms with E-state index >= 15 is 0 Å². The lowest BCUT2D eigenvalue weighted by Gasteiger charge is -2.17. The van der Waals surface area contributed by atoms with Gasteiger partial charge in [-0.2, -0.15) is 0 Å². The lowest BCUT2D eigenvalue weighted by Crippen LogP contribution is -2.32. The summed E-state index contributed by atoms with van der Waals surface area (Å²) >= 11 is 4.50. The molecule has 0 unspecified atom stereocenters. The molecule has 0 N–H and O–H groups in total. The Balaban J connectivity index is 1.45. The van der Waals surface area contributed by atoms with Gasteiger partial charge in [0, 0.05) is 0 Å². The number of amides is 2. The van der Waals surface area contributed by atoms with Crippen molar-refractivity contribution in [1.82, 2.24) is 4.90 Å². The van der Waals surface area contributed by atoms with Gasteiger partial charge >= 0.3 is 0 Å². The number of ether oxygens (including phenoxy) is 3. The van der Waals surface area contributed by atoms with E-state index in [0.717, 1.165) is 39.8 Å². The Morgan fingerprint density at radius 1 is 1.00 bits per heavy atom. The number of benzene rings is 3. The maximum absolute atomic E-state index is 13.1. The standard InChI is InChI=1S/C31H32BrNO5S/c1-19(2)24-11-10-20(3)14-26(24)37-13-12-33-30(34)28(39-31(33)35)17-22-15-25(32)29(27(16-22)36-5)38-18-23-9-7-6-8-21(23)4/h6-11,14-17,19H,12-13,18H2,1-5H3/b28-17-. The second-order valence-corrected chi connectivity index (χ2v) is 11.5. The Kier molecular flexibility index (Phi) is 9.40. The average molecular weight is 611 g/mol. The summed E-state index contributed by atoms with van der Waals surface area (Å²) in [6, 6.07) is 17.8. The number of thioether (sulfide) groups is 1. The van der Waals surface area contributed by atoms with E-state index in [4.69, 9.17) is 14.2 Å². The van der Waals surface area contributed by atoms with Gasteiger partial charge in [0.2, 0.25) is 0 Å². The molecular formula is C31H32BrNO5S. The van der Waals surface area contributed by atoms with Crippen molar-refractivity contribution < 1.29 is 23.8 Å². The van der Waals surface area contributed by atoms with E-state index in [1.54, 1.807) is 19.3 Å². The first-order valence-electron chi connectivity index (χ1n) is 12.7. The highest BCUT2D eigenvalue weighted by molar-refractivity contribution is 9.10. The van der Waals surface area contributed by atoms with E-state index in [9.17, 15) is 9.59 Å². The van der Waals surface area contributed by atoms with Crippen molar-refractivity contribution in [3.05, 3.63) is 91.8 Å². The molecule has 6 nitrogen and oxygen atoms in total. The van der Waals surface area contributed by atoms with Crippen LogP contribution in [0, 0.1) is 13.8 Å². The molecule has 0 atom stereocenters. The second kappa shape index (κ2) is 12.7. The van der Waals surface area contributed by atoms with Crippen molar-refractivity contribution in [3.63, 3.8) is 0 Å². The normalized spacial score (nSPS) is 14.4. The summed E-state index contributed by atoms with van der Waals surface area (Å²) in [6.45, 7) is 9.05. The number of carbonyl (C=O) groups excluding carboxylic acids is 2. The number of hydrogen-bond donors (Lipinski definition) is 0. The summed E-state index contributed by atoms with van der Waals surface area (Å²) in [5.41, 5.74) is 5.13. The quantitative estimate of drug-likeness (QED) is 0.218. The van der Waals surface area contributed by atoms with Crippen LogP contribution in [0.4, 0.5) is 4.79 Å². The zero-order valence-corrected chi connectivity index (χ0v) is 25.1. The maximum atomic E-state index is 13.1. The minimum atomic E-state index is -0.336. The monoisotopic (exact) mass is 609 g/mol. The van der Waals surface area contributed by atoms with Crippen LogP contribution < -0.4 is 14.2 Å². The van der Waals surface area contributed by atoms with Crippen molar-refractivity contribution in [2.24, 2.45) is 0 Å². The molecule has 0 spiro atoms. The summed E-state index contributed by atoms with van der Waals surface area (Å²) in [6.07, 6.45) is 1.70. The number of hydrogen-bond acceptors (Lipinski definition) is 6. The third-order valence-electron chi connectivity index (χ3n) is 6.42. The molecule has 0 aromatic heterocycles. The summed E-state index contributed by atoms with van der Waals surface area (Å²) < 4.78 is 18.3. The molecule has 1 saturated heterocycles. The van der Waals surface area contributed by atoms with Crippen LogP contribution >= 0.6 is 27.7 Å². The van der Waals surface area contributed by atoms with E-state index < -0.39 is 0 Å². The zero-order valence-electron chi connectivity index (χ0n) is 22.7. The van der Waals surface area contributed by atoms with Gasteiger partial charge in [-0.15, -0.1) is 0 Å². The highest BCUT2D eigenvalue weighted by atomic mass is 79.9. The van der Waals surface area contributed by atoms with Crippen molar-refractivity contribution in [1.29, 1.82) is 0 Å². The molecule has 1 aliphatic rings. The van der Waals surface area contributed by atoms with E-state index in [-0.39, 0.29) is 24.3 Å². The molecular weight excluding hydrogens is 578 g/mol. The SMILES string of the molecule is COc1cc(/C=C2\SC(=O)N(CCOc3cc(C)ccc3C(C)C)C2=O)cc(Br)c1OCc1ccccc1C. The van der Waals surface area contributed by atoms with Crippen molar-refractivity contribution in [2.45, 2.75) is 40.2 Å². The first kappa shape index (κ1) is 28.8. The summed E-state index contributed by atoms with van der Waals surface area (Å²) in [5.74, 6) is 1.85. The topological polar surface area (TPSA) is 65.1 Å². The fourth-order valence-electron chi connectivity index (χ4n) is 4.22. The Bertz CT molecular complexity index is 1420. The van der Waals surface area contributed by atoms with Crippen molar-refractivity contribution >= 4 is 44.9 Å². The van der Waals surface area contributed by atoms with Gasteiger partial charge in [-0.1, -0.05) is 50.2 Å². The first-order valence-corrected chi connectivity index (χ1v) is 14.3. The summed E-state index contributed by atoms with van der Waals surface area (Å²) in [5, 5.41) is -0.313. The molecule has 1 heterocycles. The number of carbonyl (C=O) groups is 2. The molecule has 1 aliphatic heterocycles. The molecule has 1 fully saturated rings. The molecule has 2 amide bonds. The Hall–Kier alpha value is -3.23. The van der Waals surface area contributed by atoms with Crippen LogP contribution in [0.3, 0.4) is 0 Å². The Labute approximate surface area is 242 Å². The molecule has 0 radical (unpaired) electrons. The first-order chi connectivity index (χ1) is 18.7. The van der Waals surface area contributed by atoms with Gasteiger partial charge in [0.1, 0.15) is 19.0 Å². The van der Waals surface area contributed by atoms with Crippen LogP contribution in [0.2, 0.25) is 0 Å². The van der Waals surface area contributed by atoms with Crippen molar-refractivity contribution in [3.8, 4) is 17.2 Å². The number of nitrogens with zero attached hydrogens (tertiary/aromatic N) is 1. The van der Waals surface area contributed by atoms with Crippen LogP contribution in [0.1, 0.15) is 47.6 Å². The molecule has 8 heteroatoms. The van der Waals surface area contributed by atoms with Gasteiger partial charge in [-0.25, -0.2) is 0 Å². The van der Waals surface area contributed by atoms with E-state index in [1.807, 2.05) is 50.2 Å². The minimum Gasteiger partial charge on any atom is -0.493 e. The number of methoxy groups -OCH3 is 1. The van der Waals surface area contributed by atoms with Crippen LogP contribution in [0.25, 0.3) is 6.08 Å². The third-order valence-corrected chi connectivity index (χ3v) is 7.92. The fraction of sp³-hybridized carbons (Fsp3) is 0.290. The smallest absolute Gasteiger partial charge is 0.293 e. The van der Waals surface area contributed by atoms with Gasteiger partial charge in [0.05, 0.1) is 23.0 Å². The van der Waals surface area contributed by atoms with E-state index in [0.29, 0.717) is 39.0 Å². The maximum Gasteiger partial charge on any atom is 0.293 e. The van der Waals surface area contributed by atoms with Gasteiger partial charge in [-0.05, 0) is 99.5 Å². The number of rotatable bonds is 10. The predicted molar refractivity (Wildman–Crippen MR) is 160 cm³/mol. The van der Waals surface area contributed by atoms with Gasteiger partial charge in [0.15, 0.2) is 11.5 Å². The number of aryl methyl sites for hydroxylation is 2. The molecule has 0 aliphatic carbocycles. The van der Waals surface area contributed by atoms with Gasteiger partial charge in [0.25, 0.3) is 11.1 Å². The Morgan fingerprint density at radius 3 is 2.49 bits per heavy atom. The largest absolute Gasteiger partial charge is 0.493 e. The lowest BCUT2D eigenvalue weighted by atomic mass is 10.0.